The molecular weight excluding hydrogens is 256 g/mol. The summed E-state index contributed by atoms with van der Waals surface area (Å²) >= 11 is 0. The normalized spacial score (nSPS) is 19.2. The third-order valence-corrected chi connectivity index (χ3v) is 3.36. The summed E-state index contributed by atoms with van der Waals surface area (Å²) < 4.78 is 10.7. The maximum atomic E-state index is 12.1. The number of anilines is 1. The monoisotopic (exact) mass is 278 g/mol. The number of esters is 1. The molecule has 0 radical (unpaired) electrons. The lowest BCUT2D eigenvalue weighted by Crippen LogP contribution is -2.40. The van der Waals surface area contributed by atoms with Gasteiger partial charge in [0.05, 0.1) is 12.2 Å². The van der Waals surface area contributed by atoms with Crippen LogP contribution in [-0.4, -0.2) is 43.4 Å². The lowest BCUT2D eigenvalue weighted by Gasteiger charge is -2.33. The summed E-state index contributed by atoms with van der Waals surface area (Å²) in [5.74, 6) is 0.377. The SMILES string of the molecule is COC1CCCN(c2ncccc2C(=O)OC(C)C)C1. The van der Waals surface area contributed by atoms with Crippen molar-refractivity contribution in [1.82, 2.24) is 4.98 Å². The first-order valence-corrected chi connectivity index (χ1v) is 7.05. The van der Waals surface area contributed by atoms with E-state index in [-0.39, 0.29) is 18.2 Å². The molecule has 0 spiro atoms. The van der Waals surface area contributed by atoms with Gasteiger partial charge in [-0.05, 0) is 38.8 Å². The average molecular weight is 278 g/mol. The van der Waals surface area contributed by atoms with Crippen LogP contribution in [0, 0.1) is 0 Å². The van der Waals surface area contributed by atoms with Crippen molar-refractivity contribution in [2.45, 2.75) is 38.9 Å². The van der Waals surface area contributed by atoms with Crippen molar-refractivity contribution in [3.8, 4) is 0 Å². The summed E-state index contributed by atoms with van der Waals surface area (Å²) in [4.78, 5) is 18.6. The summed E-state index contributed by atoms with van der Waals surface area (Å²) in [5.41, 5.74) is 0.526. The third-order valence-electron chi connectivity index (χ3n) is 3.36. The highest BCUT2D eigenvalue weighted by atomic mass is 16.5. The van der Waals surface area contributed by atoms with Gasteiger partial charge >= 0.3 is 5.97 Å². The van der Waals surface area contributed by atoms with Gasteiger partial charge in [0, 0.05) is 26.4 Å². The van der Waals surface area contributed by atoms with Gasteiger partial charge in [0.25, 0.3) is 0 Å². The number of methoxy groups -OCH3 is 1. The number of carbonyl (C=O) groups excluding carboxylic acids is 1. The van der Waals surface area contributed by atoms with E-state index in [4.69, 9.17) is 9.47 Å². The molecular formula is C15H22N2O3. The van der Waals surface area contributed by atoms with Crippen molar-refractivity contribution in [2.24, 2.45) is 0 Å². The number of hydrogen-bond donors (Lipinski definition) is 0. The molecule has 1 saturated heterocycles. The van der Waals surface area contributed by atoms with Crippen molar-refractivity contribution < 1.29 is 14.3 Å². The zero-order valence-electron chi connectivity index (χ0n) is 12.3. The van der Waals surface area contributed by atoms with E-state index in [0.29, 0.717) is 11.4 Å². The molecule has 0 N–H and O–H groups in total. The van der Waals surface area contributed by atoms with Gasteiger partial charge < -0.3 is 14.4 Å². The van der Waals surface area contributed by atoms with E-state index in [0.717, 1.165) is 25.9 Å². The quantitative estimate of drug-likeness (QED) is 0.791. The first-order chi connectivity index (χ1) is 9.61. The number of hydrogen-bond acceptors (Lipinski definition) is 5. The number of carbonyl (C=O) groups is 1. The maximum Gasteiger partial charge on any atom is 0.342 e. The molecule has 1 unspecified atom stereocenters. The molecule has 2 heterocycles. The van der Waals surface area contributed by atoms with Crippen LogP contribution in [0.25, 0.3) is 0 Å². The Morgan fingerprint density at radius 3 is 3.00 bits per heavy atom. The molecule has 0 bridgehead atoms. The maximum absolute atomic E-state index is 12.1. The van der Waals surface area contributed by atoms with Crippen molar-refractivity contribution in [1.29, 1.82) is 0 Å². The first kappa shape index (κ1) is 14.8. The lowest BCUT2D eigenvalue weighted by molar-refractivity contribution is 0.0377. The molecule has 5 heteroatoms. The van der Waals surface area contributed by atoms with Crippen molar-refractivity contribution >= 4 is 11.8 Å². The van der Waals surface area contributed by atoms with Gasteiger partial charge in [0.15, 0.2) is 0 Å². The molecule has 1 aromatic rings. The van der Waals surface area contributed by atoms with Gasteiger partial charge in [-0.3, -0.25) is 0 Å². The van der Waals surface area contributed by atoms with Crippen LogP contribution in [0.2, 0.25) is 0 Å². The van der Waals surface area contributed by atoms with Gasteiger partial charge in [-0.2, -0.15) is 0 Å². The topological polar surface area (TPSA) is 51.7 Å². The van der Waals surface area contributed by atoms with Crippen molar-refractivity contribution in [2.75, 3.05) is 25.1 Å². The Kier molecular flexibility index (Phi) is 4.95. The smallest absolute Gasteiger partial charge is 0.342 e. The minimum Gasteiger partial charge on any atom is -0.459 e. The van der Waals surface area contributed by atoms with E-state index < -0.39 is 0 Å². The number of piperidine rings is 1. The Morgan fingerprint density at radius 2 is 2.30 bits per heavy atom. The second-order valence-corrected chi connectivity index (χ2v) is 5.27. The standard InChI is InChI=1S/C15H22N2O3/c1-11(2)20-15(18)13-7-4-8-16-14(13)17-9-5-6-12(10-17)19-3/h4,7-8,11-12H,5-6,9-10H2,1-3H3. The largest absolute Gasteiger partial charge is 0.459 e. The molecule has 2 rings (SSSR count). The highest BCUT2D eigenvalue weighted by Crippen LogP contribution is 2.23. The summed E-state index contributed by atoms with van der Waals surface area (Å²) in [6, 6.07) is 3.53. The zero-order chi connectivity index (χ0) is 14.5. The molecule has 0 aliphatic carbocycles. The first-order valence-electron chi connectivity index (χ1n) is 7.05. The third kappa shape index (κ3) is 3.48. The van der Waals surface area contributed by atoms with Crippen LogP contribution < -0.4 is 4.90 Å². The lowest BCUT2D eigenvalue weighted by atomic mass is 10.1. The zero-order valence-corrected chi connectivity index (χ0v) is 12.3. The van der Waals surface area contributed by atoms with Crippen molar-refractivity contribution in [3.05, 3.63) is 23.9 Å². The Morgan fingerprint density at radius 1 is 1.50 bits per heavy atom. The highest BCUT2D eigenvalue weighted by Gasteiger charge is 2.25. The molecule has 110 valence electrons. The number of nitrogens with zero attached hydrogens (tertiary/aromatic N) is 2. The van der Waals surface area contributed by atoms with E-state index >= 15 is 0 Å². The van der Waals surface area contributed by atoms with Crippen LogP contribution in [0.15, 0.2) is 18.3 Å². The highest BCUT2D eigenvalue weighted by molar-refractivity contribution is 5.94. The fourth-order valence-corrected chi connectivity index (χ4v) is 2.41. The summed E-state index contributed by atoms with van der Waals surface area (Å²) in [5, 5.41) is 0. The summed E-state index contributed by atoms with van der Waals surface area (Å²) in [6.07, 6.45) is 3.85. The molecule has 0 saturated carbocycles. The molecule has 5 nitrogen and oxygen atoms in total. The fourth-order valence-electron chi connectivity index (χ4n) is 2.41. The molecule has 1 atom stereocenters. The molecule has 0 amide bonds. The second kappa shape index (κ2) is 6.70. The predicted molar refractivity (Wildman–Crippen MR) is 77.0 cm³/mol. The predicted octanol–water partition coefficient (Wildman–Crippen LogP) is 2.26. The van der Waals surface area contributed by atoms with E-state index in [1.807, 2.05) is 13.8 Å². The van der Waals surface area contributed by atoms with Gasteiger partial charge in [-0.25, -0.2) is 9.78 Å². The second-order valence-electron chi connectivity index (χ2n) is 5.27. The fraction of sp³-hybridized carbons (Fsp3) is 0.600. The van der Waals surface area contributed by atoms with Crippen LogP contribution in [0.5, 0.6) is 0 Å². The average Bonchev–Trinajstić information content (AvgIpc) is 2.46. The van der Waals surface area contributed by atoms with Gasteiger partial charge in [0.2, 0.25) is 0 Å². The molecule has 1 aromatic heterocycles. The van der Waals surface area contributed by atoms with Crippen LogP contribution >= 0.6 is 0 Å². The molecule has 1 aliphatic heterocycles. The number of pyridine rings is 1. The van der Waals surface area contributed by atoms with E-state index in [2.05, 4.69) is 9.88 Å². The van der Waals surface area contributed by atoms with Crippen LogP contribution in [0.3, 0.4) is 0 Å². The van der Waals surface area contributed by atoms with Gasteiger partial charge in [0.1, 0.15) is 11.4 Å². The minimum absolute atomic E-state index is 0.136. The molecule has 20 heavy (non-hydrogen) atoms. The van der Waals surface area contributed by atoms with Gasteiger partial charge in [-0.15, -0.1) is 0 Å². The summed E-state index contributed by atoms with van der Waals surface area (Å²) in [6.45, 7) is 5.33. The molecule has 0 aromatic carbocycles. The van der Waals surface area contributed by atoms with Crippen LogP contribution in [-0.2, 0) is 9.47 Å². The minimum atomic E-state index is -0.317. The van der Waals surface area contributed by atoms with E-state index in [1.165, 1.54) is 0 Å². The Bertz CT molecular complexity index is 462. The number of ether oxygens (including phenoxy) is 2. The Labute approximate surface area is 119 Å². The Balaban J connectivity index is 2.21. The number of aromatic nitrogens is 1. The molecule has 1 aliphatic rings. The number of rotatable bonds is 4. The van der Waals surface area contributed by atoms with Crippen LogP contribution in [0.1, 0.15) is 37.0 Å². The Hall–Kier alpha value is -1.62. The summed E-state index contributed by atoms with van der Waals surface area (Å²) in [7, 11) is 1.72. The van der Waals surface area contributed by atoms with E-state index in [1.54, 1.807) is 25.4 Å². The van der Waals surface area contributed by atoms with Gasteiger partial charge in [-0.1, -0.05) is 0 Å². The molecule has 1 fully saturated rings. The van der Waals surface area contributed by atoms with Crippen LogP contribution in [0.4, 0.5) is 5.82 Å². The van der Waals surface area contributed by atoms with E-state index in [9.17, 15) is 4.79 Å². The van der Waals surface area contributed by atoms with Crippen molar-refractivity contribution in [3.63, 3.8) is 0 Å².